The zero-order chi connectivity index (χ0) is 19.6. The number of fused-ring (bicyclic) bond motifs is 3. The number of hydrogen-bond acceptors (Lipinski definition) is 5. The lowest BCUT2D eigenvalue weighted by Gasteiger charge is -2.15. The SMILES string of the molecule is CC(C)n1c(=O)c2c(-c3nnn(C#N)c3C3(C)CC3)ncn2c2ccccc21. The molecule has 0 spiro atoms. The maximum atomic E-state index is 13.5. The molecule has 0 saturated heterocycles. The summed E-state index contributed by atoms with van der Waals surface area (Å²) in [6.07, 6.45) is 5.64. The van der Waals surface area contributed by atoms with E-state index in [1.165, 1.54) is 4.68 Å². The van der Waals surface area contributed by atoms with Crippen LogP contribution in [0.15, 0.2) is 35.4 Å². The van der Waals surface area contributed by atoms with Crippen molar-refractivity contribution in [3.63, 3.8) is 0 Å². The maximum Gasteiger partial charge on any atom is 0.277 e. The normalized spacial score (nSPS) is 15.4. The molecular formula is C20H19N7O. The smallest absolute Gasteiger partial charge is 0.277 e. The molecule has 4 aromatic rings. The number of benzene rings is 1. The average Bonchev–Trinajstić information content (AvgIpc) is 3.10. The van der Waals surface area contributed by atoms with Gasteiger partial charge >= 0.3 is 0 Å². The molecule has 0 amide bonds. The minimum atomic E-state index is -0.154. The summed E-state index contributed by atoms with van der Waals surface area (Å²) in [7, 11) is 0. The molecule has 1 aromatic carbocycles. The van der Waals surface area contributed by atoms with E-state index in [4.69, 9.17) is 0 Å². The lowest BCUT2D eigenvalue weighted by Crippen LogP contribution is -2.24. The van der Waals surface area contributed by atoms with Gasteiger partial charge in [0, 0.05) is 11.5 Å². The van der Waals surface area contributed by atoms with E-state index in [0.717, 1.165) is 29.6 Å². The predicted octanol–water partition coefficient (Wildman–Crippen LogP) is 2.87. The summed E-state index contributed by atoms with van der Waals surface area (Å²) >= 11 is 0. The van der Waals surface area contributed by atoms with Gasteiger partial charge in [-0.05, 0) is 38.8 Å². The Morgan fingerprint density at radius 1 is 1.18 bits per heavy atom. The van der Waals surface area contributed by atoms with Crippen molar-refractivity contribution in [1.82, 2.24) is 28.9 Å². The fourth-order valence-corrected chi connectivity index (χ4v) is 3.99. The first-order chi connectivity index (χ1) is 13.5. The van der Waals surface area contributed by atoms with E-state index in [1.807, 2.05) is 42.5 Å². The van der Waals surface area contributed by atoms with Crippen molar-refractivity contribution in [2.24, 2.45) is 0 Å². The molecule has 1 aliphatic carbocycles. The van der Waals surface area contributed by atoms with Crippen molar-refractivity contribution in [2.75, 3.05) is 0 Å². The molecule has 3 aromatic heterocycles. The maximum absolute atomic E-state index is 13.5. The van der Waals surface area contributed by atoms with Crippen LogP contribution in [0.25, 0.3) is 27.9 Å². The molecular weight excluding hydrogens is 354 g/mol. The van der Waals surface area contributed by atoms with Crippen LogP contribution in [0.5, 0.6) is 0 Å². The second kappa shape index (κ2) is 5.52. The first-order valence-corrected chi connectivity index (χ1v) is 9.33. The molecule has 3 heterocycles. The van der Waals surface area contributed by atoms with Crippen molar-refractivity contribution in [3.05, 3.63) is 46.6 Å². The topological polar surface area (TPSA) is 93.8 Å². The molecule has 8 nitrogen and oxygen atoms in total. The zero-order valence-electron chi connectivity index (χ0n) is 15.9. The van der Waals surface area contributed by atoms with Crippen molar-refractivity contribution in [1.29, 1.82) is 5.26 Å². The average molecular weight is 373 g/mol. The highest BCUT2D eigenvalue weighted by atomic mass is 16.1. The predicted molar refractivity (Wildman–Crippen MR) is 104 cm³/mol. The standard InChI is InChI=1S/C20H19N7O/c1-12(2)27-14-7-5-4-6-13(14)25-11-22-15(17(25)19(27)28)16-18(20(3)8-9-20)26(10-21)24-23-16/h4-7,11-12H,8-9H2,1-3H3. The van der Waals surface area contributed by atoms with Gasteiger partial charge in [-0.25, -0.2) is 4.98 Å². The van der Waals surface area contributed by atoms with Crippen LogP contribution in [0.3, 0.4) is 0 Å². The quantitative estimate of drug-likeness (QED) is 0.550. The second-order valence-corrected chi connectivity index (χ2v) is 7.93. The van der Waals surface area contributed by atoms with E-state index >= 15 is 0 Å². The van der Waals surface area contributed by atoms with E-state index in [2.05, 4.69) is 28.4 Å². The van der Waals surface area contributed by atoms with E-state index in [0.29, 0.717) is 16.9 Å². The van der Waals surface area contributed by atoms with Crippen molar-refractivity contribution in [3.8, 4) is 17.6 Å². The molecule has 28 heavy (non-hydrogen) atoms. The Morgan fingerprint density at radius 2 is 1.89 bits per heavy atom. The van der Waals surface area contributed by atoms with E-state index in [9.17, 15) is 10.1 Å². The Labute approximate surface area is 160 Å². The van der Waals surface area contributed by atoms with Crippen LogP contribution < -0.4 is 5.56 Å². The highest BCUT2D eigenvalue weighted by Crippen LogP contribution is 2.50. The summed E-state index contributed by atoms with van der Waals surface area (Å²) in [5.41, 5.74) is 3.67. The largest absolute Gasteiger partial charge is 0.302 e. The Kier molecular flexibility index (Phi) is 3.29. The van der Waals surface area contributed by atoms with Crippen LogP contribution in [-0.2, 0) is 5.41 Å². The molecule has 1 saturated carbocycles. The Morgan fingerprint density at radius 3 is 2.54 bits per heavy atom. The lowest BCUT2D eigenvalue weighted by molar-refractivity contribution is 0.601. The first kappa shape index (κ1) is 16.7. The number of hydrogen-bond donors (Lipinski definition) is 0. The van der Waals surface area contributed by atoms with Gasteiger partial charge in [0.25, 0.3) is 5.56 Å². The highest BCUT2D eigenvalue weighted by Gasteiger charge is 2.45. The van der Waals surface area contributed by atoms with E-state index in [1.54, 1.807) is 10.9 Å². The third-order valence-electron chi connectivity index (χ3n) is 5.67. The number of rotatable bonds is 3. The van der Waals surface area contributed by atoms with Gasteiger partial charge in [0.15, 0.2) is 0 Å². The van der Waals surface area contributed by atoms with Crippen molar-refractivity contribution >= 4 is 16.6 Å². The van der Waals surface area contributed by atoms with Gasteiger partial charge in [-0.15, -0.1) is 9.78 Å². The van der Waals surface area contributed by atoms with Gasteiger partial charge in [0.2, 0.25) is 6.19 Å². The van der Waals surface area contributed by atoms with Crippen LogP contribution in [0.4, 0.5) is 0 Å². The third kappa shape index (κ3) is 2.10. The van der Waals surface area contributed by atoms with Gasteiger partial charge in [-0.2, -0.15) is 5.26 Å². The lowest BCUT2D eigenvalue weighted by atomic mass is 10.0. The number of nitriles is 1. The summed E-state index contributed by atoms with van der Waals surface area (Å²) in [5.74, 6) is 0. The first-order valence-electron chi connectivity index (χ1n) is 9.33. The number of aromatic nitrogens is 6. The van der Waals surface area contributed by atoms with Gasteiger partial charge in [0.1, 0.15) is 23.2 Å². The zero-order valence-corrected chi connectivity index (χ0v) is 15.9. The van der Waals surface area contributed by atoms with E-state index in [-0.39, 0.29) is 17.0 Å². The molecule has 0 N–H and O–H groups in total. The fraction of sp³-hybridized carbons (Fsp3) is 0.350. The summed E-state index contributed by atoms with van der Waals surface area (Å²) in [5, 5.41) is 17.7. The van der Waals surface area contributed by atoms with Crippen molar-refractivity contribution < 1.29 is 0 Å². The number of imidazole rings is 1. The Balaban J connectivity index is 1.91. The monoisotopic (exact) mass is 373 g/mol. The number of nitrogens with zero attached hydrogens (tertiary/aromatic N) is 7. The molecule has 140 valence electrons. The van der Waals surface area contributed by atoms with Crippen LogP contribution >= 0.6 is 0 Å². The number of para-hydroxylation sites is 2. The molecule has 0 radical (unpaired) electrons. The molecule has 1 fully saturated rings. The van der Waals surface area contributed by atoms with Gasteiger partial charge in [-0.1, -0.05) is 24.3 Å². The highest BCUT2D eigenvalue weighted by molar-refractivity contribution is 5.85. The fourth-order valence-electron chi connectivity index (χ4n) is 3.99. The Bertz CT molecular complexity index is 1340. The summed E-state index contributed by atoms with van der Waals surface area (Å²) < 4.78 is 4.86. The molecule has 0 aliphatic heterocycles. The van der Waals surface area contributed by atoms with Crippen LogP contribution in [0, 0.1) is 11.5 Å². The van der Waals surface area contributed by atoms with Crippen LogP contribution in [-0.4, -0.2) is 28.9 Å². The van der Waals surface area contributed by atoms with Gasteiger partial charge in [0.05, 0.1) is 16.7 Å². The second-order valence-electron chi connectivity index (χ2n) is 7.93. The molecule has 1 aliphatic rings. The van der Waals surface area contributed by atoms with Gasteiger partial charge < -0.3 is 4.57 Å². The molecule has 8 heteroatoms. The summed E-state index contributed by atoms with van der Waals surface area (Å²) in [4.78, 5) is 18.0. The summed E-state index contributed by atoms with van der Waals surface area (Å²) in [6.45, 7) is 6.06. The van der Waals surface area contributed by atoms with Crippen molar-refractivity contribution in [2.45, 2.75) is 45.1 Å². The van der Waals surface area contributed by atoms with E-state index < -0.39 is 0 Å². The summed E-state index contributed by atoms with van der Waals surface area (Å²) in [6, 6.07) is 7.77. The van der Waals surface area contributed by atoms with Crippen LogP contribution in [0.1, 0.15) is 45.3 Å². The molecule has 0 atom stereocenters. The molecule has 0 bridgehead atoms. The third-order valence-corrected chi connectivity index (χ3v) is 5.67. The minimum absolute atomic E-state index is 0.0136. The van der Waals surface area contributed by atoms with Crippen LogP contribution in [0.2, 0.25) is 0 Å². The van der Waals surface area contributed by atoms with Gasteiger partial charge in [-0.3, -0.25) is 9.20 Å². The molecule has 5 rings (SSSR count). The molecule has 0 unspecified atom stereocenters. The minimum Gasteiger partial charge on any atom is -0.302 e. The Hall–Kier alpha value is -3.47.